The van der Waals surface area contributed by atoms with Crippen LogP contribution in [0.4, 0.5) is 0 Å². The molecule has 11 heavy (non-hydrogen) atoms. The van der Waals surface area contributed by atoms with Crippen molar-refractivity contribution in [3.05, 3.63) is 0 Å². The molecule has 3 heteroatoms. The van der Waals surface area contributed by atoms with Crippen LogP contribution in [-0.2, 0) is 9.53 Å². The van der Waals surface area contributed by atoms with E-state index >= 15 is 0 Å². The van der Waals surface area contributed by atoms with E-state index in [9.17, 15) is 4.79 Å². The van der Waals surface area contributed by atoms with E-state index < -0.39 is 0 Å². The first-order chi connectivity index (χ1) is 5.26. The maximum Gasteiger partial charge on any atom is 0.309 e. The Labute approximate surface area is 81.8 Å². The SMILES string of the molecule is CCCCC(CI)C(=O)OC. The van der Waals surface area contributed by atoms with Crippen molar-refractivity contribution in [3.8, 4) is 0 Å². The minimum absolute atomic E-state index is 0.0622. The molecule has 0 fully saturated rings. The second kappa shape index (κ2) is 6.88. The molecule has 0 aliphatic carbocycles. The lowest BCUT2D eigenvalue weighted by molar-refractivity contribution is -0.144. The third-order valence-electron chi connectivity index (χ3n) is 1.63. The van der Waals surface area contributed by atoms with Gasteiger partial charge in [0.25, 0.3) is 0 Å². The Hall–Kier alpha value is 0.200. The molecule has 66 valence electrons. The van der Waals surface area contributed by atoms with Gasteiger partial charge in [0.2, 0.25) is 0 Å². The molecule has 0 aliphatic heterocycles. The van der Waals surface area contributed by atoms with Gasteiger partial charge in [0.05, 0.1) is 13.0 Å². The molecule has 0 spiro atoms. The summed E-state index contributed by atoms with van der Waals surface area (Å²) in [5, 5.41) is 0. The van der Waals surface area contributed by atoms with Gasteiger partial charge in [0.15, 0.2) is 0 Å². The lowest BCUT2D eigenvalue weighted by Crippen LogP contribution is -2.17. The second-order valence-corrected chi connectivity index (χ2v) is 3.40. The highest BCUT2D eigenvalue weighted by atomic mass is 127. The summed E-state index contributed by atoms with van der Waals surface area (Å²) >= 11 is 2.23. The number of rotatable bonds is 5. The highest BCUT2D eigenvalue weighted by Crippen LogP contribution is 2.12. The molecule has 0 aliphatic rings. The number of hydrogen-bond acceptors (Lipinski definition) is 2. The van der Waals surface area contributed by atoms with Crippen molar-refractivity contribution in [2.75, 3.05) is 11.5 Å². The fourth-order valence-electron chi connectivity index (χ4n) is 0.875. The average Bonchev–Trinajstić information content (AvgIpc) is 2.05. The molecule has 0 radical (unpaired) electrons. The Bertz CT molecular complexity index is 115. The van der Waals surface area contributed by atoms with Crippen LogP contribution in [0.15, 0.2) is 0 Å². The lowest BCUT2D eigenvalue weighted by atomic mass is 10.1. The number of halogens is 1. The van der Waals surface area contributed by atoms with Gasteiger partial charge >= 0.3 is 5.97 Å². The minimum atomic E-state index is -0.0622. The Morgan fingerprint density at radius 2 is 2.27 bits per heavy atom. The summed E-state index contributed by atoms with van der Waals surface area (Å²) in [5.74, 6) is 0.0494. The smallest absolute Gasteiger partial charge is 0.309 e. The Kier molecular flexibility index (Phi) is 7.01. The van der Waals surface area contributed by atoms with Gasteiger partial charge in [-0.1, -0.05) is 42.4 Å². The van der Waals surface area contributed by atoms with Crippen LogP contribution in [0.5, 0.6) is 0 Å². The number of ether oxygens (including phenoxy) is 1. The summed E-state index contributed by atoms with van der Waals surface area (Å²) in [4.78, 5) is 11.0. The predicted octanol–water partition coefficient (Wildman–Crippen LogP) is 2.40. The standard InChI is InChI=1S/C8H15IO2/c1-3-4-5-7(6-9)8(10)11-2/h7H,3-6H2,1-2H3. The zero-order valence-electron chi connectivity index (χ0n) is 7.10. The van der Waals surface area contributed by atoms with E-state index in [0.717, 1.165) is 23.7 Å². The van der Waals surface area contributed by atoms with Crippen LogP contribution >= 0.6 is 22.6 Å². The third-order valence-corrected chi connectivity index (χ3v) is 2.69. The molecule has 1 atom stereocenters. The first-order valence-corrected chi connectivity index (χ1v) is 5.42. The van der Waals surface area contributed by atoms with E-state index in [1.807, 2.05) is 0 Å². The van der Waals surface area contributed by atoms with Gasteiger partial charge in [-0.3, -0.25) is 4.79 Å². The van der Waals surface area contributed by atoms with Crippen molar-refractivity contribution < 1.29 is 9.53 Å². The summed E-state index contributed by atoms with van der Waals surface area (Å²) in [7, 11) is 1.45. The summed E-state index contributed by atoms with van der Waals surface area (Å²) < 4.78 is 5.52. The summed E-state index contributed by atoms with van der Waals surface area (Å²) in [5.41, 5.74) is 0. The van der Waals surface area contributed by atoms with E-state index in [-0.39, 0.29) is 11.9 Å². The molecule has 0 saturated carbocycles. The molecule has 0 rings (SSSR count). The van der Waals surface area contributed by atoms with Crippen molar-refractivity contribution in [3.63, 3.8) is 0 Å². The van der Waals surface area contributed by atoms with E-state index in [4.69, 9.17) is 0 Å². The topological polar surface area (TPSA) is 26.3 Å². The third kappa shape index (κ3) is 4.61. The number of esters is 1. The van der Waals surface area contributed by atoms with Gasteiger partial charge in [-0.2, -0.15) is 0 Å². The number of hydrogen-bond donors (Lipinski definition) is 0. The molecular weight excluding hydrogens is 255 g/mol. The van der Waals surface area contributed by atoms with Crippen molar-refractivity contribution in [2.45, 2.75) is 26.2 Å². The van der Waals surface area contributed by atoms with Gasteiger partial charge in [0.1, 0.15) is 0 Å². The zero-order chi connectivity index (χ0) is 8.69. The molecule has 0 N–H and O–H groups in total. The molecular formula is C8H15IO2. The van der Waals surface area contributed by atoms with Crippen molar-refractivity contribution in [1.29, 1.82) is 0 Å². The van der Waals surface area contributed by atoms with Crippen LogP contribution in [-0.4, -0.2) is 17.5 Å². The van der Waals surface area contributed by atoms with Gasteiger partial charge in [-0.25, -0.2) is 0 Å². The van der Waals surface area contributed by atoms with Gasteiger partial charge in [0, 0.05) is 4.43 Å². The number of methoxy groups -OCH3 is 1. The minimum Gasteiger partial charge on any atom is -0.469 e. The molecule has 1 unspecified atom stereocenters. The molecule has 0 aromatic carbocycles. The van der Waals surface area contributed by atoms with E-state index in [0.29, 0.717) is 0 Å². The summed E-state index contributed by atoms with van der Waals surface area (Å²) in [6, 6.07) is 0. The first kappa shape index (κ1) is 11.2. The molecule has 0 saturated heterocycles. The van der Waals surface area contributed by atoms with Crippen LogP contribution in [0.25, 0.3) is 0 Å². The molecule has 0 bridgehead atoms. The molecule has 0 aromatic rings. The van der Waals surface area contributed by atoms with Crippen LogP contribution in [0, 0.1) is 5.92 Å². The maximum absolute atomic E-state index is 11.0. The van der Waals surface area contributed by atoms with E-state index in [1.165, 1.54) is 7.11 Å². The number of carbonyl (C=O) groups excluding carboxylic acids is 1. The van der Waals surface area contributed by atoms with Gasteiger partial charge in [-0.05, 0) is 6.42 Å². The molecule has 0 amide bonds. The van der Waals surface area contributed by atoms with Crippen LogP contribution in [0.2, 0.25) is 0 Å². The van der Waals surface area contributed by atoms with Crippen molar-refractivity contribution >= 4 is 28.6 Å². The van der Waals surface area contributed by atoms with Gasteiger partial charge < -0.3 is 4.74 Å². The quantitative estimate of drug-likeness (QED) is 0.435. The largest absolute Gasteiger partial charge is 0.469 e. The van der Waals surface area contributed by atoms with Crippen LogP contribution in [0.3, 0.4) is 0 Å². The predicted molar refractivity (Wildman–Crippen MR) is 53.9 cm³/mol. The van der Waals surface area contributed by atoms with Crippen molar-refractivity contribution in [2.24, 2.45) is 5.92 Å². The molecule has 0 aromatic heterocycles. The Balaban J connectivity index is 3.65. The number of carbonyl (C=O) groups is 1. The Morgan fingerprint density at radius 1 is 1.64 bits per heavy atom. The van der Waals surface area contributed by atoms with Crippen LogP contribution < -0.4 is 0 Å². The highest BCUT2D eigenvalue weighted by molar-refractivity contribution is 14.1. The van der Waals surface area contributed by atoms with Crippen molar-refractivity contribution in [1.82, 2.24) is 0 Å². The molecule has 2 nitrogen and oxygen atoms in total. The summed E-state index contributed by atoms with van der Waals surface area (Å²) in [6.45, 7) is 2.13. The number of unbranched alkanes of at least 4 members (excludes halogenated alkanes) is 1. The lowest BCUT2D eigenvalue weighted by Gasteiger charge is -2.09. The van der Waals surface area contributed by atoms with Gasteiger partial charge in [-0.15, -0.1) is 0 Å². The molecule has 0 heterocycles. The summed E-state index contributed by atoms with van der Waals surface area (Å²) in [6.07, 6.45) is 3.22. The zero-order valence-corrected chi connectivity index (χ0v) is 9.26. The van der Waals surface area contributed by atoms with Crippen LogP contribution in [0.1, 0.15) is 26.2 Å². The normalized spacial score (nSPS) is 12.6. The monoisotopic (exact) mass is 270 g/mol. The highest BCUT2D eigenvalue weighted by Gasteiger charge is 2.15. The first-order valence-electron chi connectivity index (χ1n) is 3.90. The Morgan fingerprint density at radius 3 is 2.64 bits per heavy atom. The van der Waals surface area contributed by atoms with E-state index in [2.05, 4.69) is 34.3 Å². The van der Waals surface area contributed by atoms with E-state index in [1.54, 1.807) is 0 Å². The number of alkyl halides is 1. The average molecular weight is 270 g/mol. The maximum atomic E-state index is 11.0. The fraction of sp³-hybridized carbons (Fsp3) is 0.875. The second-order valence-electron chi connectivity index (χ2n) is 2.52. The fourth-order valence-corrected chi connectivity index (χ4v) is 1.68.